The van der Waals surface area contributed by atoms with Crippen LogP contribution >= 0.6 is 0 Å². The van der Waals surface area contributed by atoms with Gasteiger partial charge in [-0.15, -0.1) is 0 Å². The van der Waals surface area contributed by atoms with E-state index >= 15 is 0 Å². The van der Waals surface area contributed by atoms with Gasteiger partial charge in [-0.1, -0.05) is 12.1 Å². The summed E-state index contributed by atoms with van der Waals surface area (Å²) in [5, 5.41) is 26.7. The molecule has 0 saturated carbocycles. The fourth-order valence-electron chi connectivity index (χ4n) is 2.81. The first kappa shape index (κ1) is 23.5. The predicted octanol–water partition coefficient (Wildman–Crippen LogP) is 4.81. The predicted molar refractivity (Wildman–Crippen MR) is 128 cm³/mol. The summed E-state index contributed by atoms with van der Waals surface area (Å²) in [6.07, 6.45) is 5.56. The molecule has 0 aliphatic heterocycles. The molecule has 0 aliphatic rings. The first-order chi connectivity index (χ1) is 16.3. The summed E-state index contributed by atoms with van der Waals surface area (Å²) < 4.78 is 0. The number of carbonyl (C=O) groups is 2. The highest BCUT2D eigenvalue weighted by Gasteiger charge is 2.08. The Kier molecular flexibility index (Phi) is 7.59. The number of hydrogen-bond acceptors (Lipinski definition) is 6. The standard InChI is InChI=1S/C24H18N4O6/c29-23(15-9-17-5-11-19(12-6-17)27(31)32)25-21-3-1-2-4-22(21)26-24(30)16-10-18-7-13-20(14-8-18)28(33)34/h1-16H,(H,25,29)(H,26,30)/b15-9+,16-10+. The number of carbonyl (C=O) groups excluding carboxylic acids is 2. The Balaban J connectivity index is 1.62. The molecular weight excluding hydrogens is 440 g/mol. The number of nitro benzene ring substituents is 2. The third kappa shape index (κ3) is 6.69. The van der Waals surface area contributed by atoms with Gasteiger partial charge in [-0.25, -0.2) is 0 Å². The van der Waals surface area contributed by atoms with Crippen LogP contribution in [0.15, 0.2) is 84.9 Å². The molecule has 3 aromatic rings. The maximum atomic E-state index is 12.3. The topological polar surface area (TPSA) is 144 Å². The zero-order valence-electron chi connectivity index (χ0n) is 17.6. The Morgan fingerprint density at radius 2 is 0.971 bits per heavy atom. The maximum absolute atomic E-state index is 12.3. The Hall–Kier alpha value is -5.12. The molecule has 0 saturated heterocycles. The van der Waals surface area contributed by atoms with Crippen molar-refractivity contribution in [3.63, 3.8) is 0 Å². The molecule has 0 atom stereocenters. The van der Waals surface area contributed by atoms with Crippen LogP contribution in [0.25, 0.3) is 12.2 Å². The van der Waals surface area contributed by atoms with Crippen molar-refractivity contribution in [2.75, 3.05) is 10.6 Å². The normalized spacial score (nSPS) is 10.8. The smallest absolute Gasteiger partial charge is 0.269 e. The van der Waals surface area contributed by atoms with E-state index in [2.05, 4.69) is 10.6 Å². The van der Waals surface area contributed by atoms with Crippen molar-refractivity contribution in [2.24, 2.45) is 0 Å². The van der Waals surface area contributed by atoms with Crippen molar-refractivity contribution in [1.29, 1.82) is 0 Å². The van der Waals surface area contributed by atoms with Crippen LogP contribution in [0.4, 0.5) is 22.7 Å². The zero-order valence-corrected chi connectivity index (χ0v) is 17.6. The monoisotopic (exact) mass is 458 g/mol. The van der Waals surface area contributed by atoms with Gasteiger partial charge in [0.25, 0.3) is 11.4 Å². The van der Waals surface area contributed by atoms with Crippen molar-refractivity contribution in [1.82, 2.24) is 0 Å². The van der Waals surface area contributed by atoms with E-state index in [4.69, 9.17) is 0 Å². The van der Waals surface area contributed by atoms with Crippen LogP contribution in [0.2, 0.25) is 0 Å². The van der Waals surface area contributed by atoms with Gasteiger partial charge in [-0.3, -0.25) is 29.8 Å². The summed E-state index contributed by atoms with van der Waals surface area (Å²) in [4.78, 5) is 45.0. The summed E-state index contributed by atoms with van der Waals surface area (Å²) in [7, 11) is 0. The van der Waals surface area contributed by atoms with Gasteiger partial charge in [-0.2, -0.15) is 0 Å². The van der Waals surface area contributed by atoms with Gasteiger partial charge >= 0.3 is 0 Å². The van der Waals surface area contributed by atoms with E-state index in [1.54, 1.807) is 24.3 Å². The van der Waals surface area contributed by atoms with Crippen LogP contribution in [0, 0.1) is 20.2 Å². The summed E-state index contributed by atoms with van der Waals surface area (Å²) in [5.41, 5.74) is 1.87. The molecule has 0 radical (unpaired) electrons. The quantitative estimate of drug-likeness (QED) is 0.282. The van der Waals surface area contributed by atoms with E-state index in [1.165, 1.54) is 72.8 Å². The van der Waals surface area contributed by atoms with E-state index in [0.29, 0.717) is 22.5 Å². The minimum absolute atomic E-state index is 0.0473. The van der Waals surface area contributed by atoms with Gasteiger partial charge in [0.2, 0.25) is 11.8 Å². The van der Waals surface area contributed by atoms with Gasteiger partial charge in [0, 0.05) is 36.4 Å². The highest BCUT2D eigenvalue weighted by atomic mass is 16.6. The van der Waals surface area contributed by atoms with E-state index in [0.717, 1.165) is 0 Å². The number of nitro groups is 2. The fourth-order valence-corrected chi connectivity index (χ4v) is 2.81. The fraction of sp³-hybridized carbons (Fsp3) is 0. The summed E-state index contributed by atoms with van der Waals surface area (Å²) >= 11 is 0. The van der Waals surface area contributed by atoms with Gasteiger partial charge in [0.1, 0.15) is 0 Å². The molecule has 0 bridgehead atoms. The highest BCUT2D eigenvalue weighted by Crippen LogP contribution is 2.21. The molecule has 0 aromatic heterocycles. The summed E-state index contributed by atoms with van der Waals surface area (Å²) in [6.45, 7) is 0. The lowest BCUT2D eigenvalue weighted by Crippen LogP contribution is -2.13. The lowest BCUT2D eigenvalue weighted by Gasteiger charge is -2.10. The van der Waals surface area contributed by atoms with E-state index in [-0.39, 0.29) is 11.4 Å². The van der Waals surface area contributed by atoms with E-state index in [1.807, 2.05) is 0 Å². The molecule has 0 spiro atoms. The van der Waals surface area contributed by atoms with Gasteiger partial charge in [-0.05, 0) is 59.7 Å². The zero-order chi connectivity index (χ0) is 24.5. The number of non-ortho nitro benzene ring substituents is 2. The number of para-hydroxylation sites is 2. The number of amides is 2. The van der Waals surface area contributed by atoms with Crippen molar-refractivity contribution < 1.29 is 19.4 Å². The molecule has 0 unspecified atom stereocenters. The second-order valence-corrected chi connectivity index (χ2v) is 6.89. The maximum Gasteiger partial charge on any atom is 0.269 e. The van der Waals surface area contributed by atoms with Crippen LogP contribution in [0.5, 0.6) is 0 Å². The highest BCUT2D eigenvalue weighted by molar-refractivity contribution is 6.08. The van der Waals surface area contributed by atoms with Crippen molar-refractivity contribution >= 4 is 46.7 Å². The minimum Gasteiger partial charge on any atom is -0.321 e. The average Bonchev–Trinajstić information content (AvgIpc) is 2.83. The number of benzene rings is 3. The molecule has 0 heterocycles. The Labute approximate surface area is 193 Å². The number of rotatable bonds is 8. The SMILES string of the molecule is O=C(/C=C/c1ccc([N+](=O)[O-])cc1)Nc1ccccc1NC(=O)/C=C/c1ccc([N+](=O)[O-])cc1. The number of anilines is 2. The lowest BCUT2D eigenvalue weighted by atomic mass is 10.2. The Bertz CT molecular complexity index is 1180. The molecule has 3 rings (SSSR count). The molecule has 170 valence electrons. The molecule has 2 amide bonds. The lowest BCUT2D eigenvalue weighted by molar-refractivity contribution is -0.385. The van der Waals surface area contributed by atoms with Gasteiger partial charge < -0.3 is 10.6 Å². The molecule has 10 heteroatoms. The van der Waals surface area contributed by atoms with Crippen LogP contribution in [-0.4, -0.2) is 21.7 Å². The van der Waals surface area contributed by atoms with Gasteiger partial charge in [0.15, 0.2) is 0 Å². The van der Waals surface area contributed by atoms with E-state index < -0.39 is 21.7 Å². The van der Waals surface area contributed by atoms with Crippen molar-refractivity contribution in [3.05, 3.63) is 116 Å². The first-order valence-electron chi connectivity index (χ1n) is 9.88. The summed E-state index contributed by atoms with van der Waals surface area (Å²) in [5.74, 6) is -0.914. The molecule has 3 aromatic carbocycles. The molecule has 34 heavy (non-hydrogen) atoms. The average molecular weight is 458 g/mol. The Morgan fingerprint density at radius 3 is 1.29 bits per heavy atom. The second kappa shape index (κ2) is 11.0. The van der Waals surface area contributed by atoms with E-state index in [9.17, 15) is 29.8 Å². The molecular formula is C24H18N4O6. The molecule has 2 N–H and O–H groups in total. The van der Waals surface area contributed by atoms with Crippen LogP contribution in [-0.2, 0) is 9.59 Å². The second-order valence-electron chi connectivity index (χ2n) is 6.89. The van der Waals surface area contributed by atoms with Crippen molar-refractivity contribution in [2.45, 2.75) is 0 Å². The van der Waals surface area contributed by atoms with Gasteiger partial charge in [0.05, 0.1) is 21.2 Å². The third-order valence-corrected chi connectivity index (χ3v) is 4.50. The summed E-state index contributed by atoms with van der Waals surface area (Å²) in [6, 6.07) is 18.1. The van der Waals surface area contributed by atoms with Crippen LogP contribution in [0.1, 0.15) is 11.1 Å². The largest absolute Gasteiger partial charge is 0.321 e. The number of nitrogens with zero attached hydrogens (tertiary/aromatic N) is 2. The van der Waals surface area contributed by atoms with Crippen LogP contribution in [0.3, 0.4) is 0 Å². The number of nitrogens with one attached hydrogen (secondary N) is 2. The van der Waals surface area contributed by atoms with Crippen molar-refractivity contribution in [3.8, 4) is 0 Å². The molecule has 0 fully saturated rings. The van der Waals surface area contributed by atoms with Crippen LogP contribution < -0.4 is 10.6 Å². The Morgan fingerprint density at radius 1 is 0.618 bits per heavy atom. The molecule has 0 aliphatic carbocycles. The first-order valence-corrected chi connectivity index (χ1v) is 9.88. The minimum atomic E-state index is -0.507. The molecule has 10 nitrogen and oxygen atoms in total. The number of hydrogen-bond donors (Lipinski definition) is 2. The third-order valence-electron chi connectivity index (χ3n) is 4.50.